The number of fused-ring (bicyclic) bond motifs is 3. The van der Waals surface area contributed by atoms with Crippen LogP contribution >= 0.6 is 0 Å². The summed E-state index contributed by atoms with van der Waals surface area (Å²) in [4.78, 5) is 0. The van der Waals surface area contributed by atoms with E-state index < -0.39 is 5.41 Å². The Bertz CT molecular complexity index is 1910. The Morgan fingerprint density at radius 1 is 0.442 bits per heavy atom. The molecule has 202 valence electrons. The van der Waals surface area contributed by atoms with Crippen LogP contribution in [-0.4, -0.2) is 5.11 Å². The number of hydrogen-bond donors (Lipinski definition) is 1. The van der Waals surface area contributed by atoms with E-state index in [1.54, 1.807) is 24.3 Å². The van der Waals surface area contributed by atoms with Gasteiger partial charge < -0.3 is 10.2 Å². The predicted octanol–water partition coefficient (Wildman–Crippen LogP) is 7.63. The molecule has 0 heterocycles. The lowest BCUT2D eigenvalue weighted by Crippen LogP contribution is -2.28. The van der Waals surface area contributed by atoms with Crippen LogP contribution < -0.4 is 5.11 Å². The maximum absolute atomic E-state index is 12.3. The quantitative estimate of drug-likeness (QED) is 0.225. The fourth-order valence-electron chi connectivity index (χ4n) is 6.02. The Hall–Kier alpha value is -5.96. The first-order valence-corrected chi connectivity index (χ1v) is 14.1. The van der Waals surface area contributed by atoms with E-state index in [0.717, 1.165) is 55.6 Å². The van der Waals surface area contributed by atoms with Crippen molar-refractivity contribution in [3.05, 3.63) is 190 Å². The highest BCUT2D eigenvalue weighted by Gasteiger charge is 2.46. The average Bonchev–Trinajstić information content (AvgIpc) is 3.34. The zero-order chi connectivity index (χ0) is 29.2. The molecule has 7 rings (SSSR count). The molecule has 0 unspecified atom stereocenters. The molecule has 0 aliphatic heterocycles. The summed E-state index contributed by atoms with van der Waals surface area (Å²) < 4.78 is 0. The average molecular weight is 550 g/mol. The van der Waals surface area contributed by atoms with Crippen LogP contribution in [0.25, 0.3) is 11.1 Å². The monoisotopic (exact) mass is 549 g/mol. The summed E-state index contributed by atoms with van der Waals surface area (Å²) in [7, 11) is 0. The normalized spacial score (nSPS) is 12.2. The van der Waals surface area contributed by atoms with Gasteiger partial charge in [-0.3, -0.25) is 0 Å². The van der Waals surface area contributed by atoms with E-state index in [9.17, 15) is 10.2 Å². The lowest BCUT2D eigenvalue weighted by Gasteiger charge is -2.34. The maximum Gasteiger partial charge on any atom is 0.115 e. The van der Waals surface area contributed by atoms with Gasteiger partial charge in [0.1, 0.15) is 5.75 Å². The fraction of sp³-hybridized carbons (Fsp3) is 0.0244. The molecule has 0 radical (unpaired) electrons. The predicted molar refractivity (Wildman–Crippen MR) is 170 cm³/mol. The second-order valence-electron chi connectivity index (χ2n) is 10.6. The van der Waals surface area contributed by atoms with Crippen LogP contribution in [0.15, 0.2) is 146 Å². The number of aromatic hydroxyl groups is 1. The molecular weight excluding hydrogens is 524 g/mol. The minimum atomic E-state index is -0.763. The van der Waals surface area contributed by atoms with Crippen molar-refractivity contribution in [2.45, 2.75) is 5.41 Å². The number of benzene rings is 6. The van der Waals surface area contributed by atoms with Gasteiger partial charge in [-0.15, -0.1) is 5.75 Å². The van der Waals surface area contributed by atoms with Crippen LogP contribution in [0.1, 0.15) is 44.5 Å². The van der Waals surface area contributed by atoms with Gasteiger partial charge in [0.05, 0.1) is 5.41 Å². The molecule has 6 aromatic carbocycles. The van der Waals surface area contributed by atoms with Crippen LogP contribution in [0, 0.1) is 23.7 Å². The SMILES string of the molecule is [O-]c1ccc(C2(c3ccc(O)cc3)c3cc(C#Cc4ccccc4)ccc3-c3ccc(C#Cc4ccccc4)cc32)cc1. The van der Waals surface area contributed by atoms with Gasteiger partial charge >= 0.3 is 0 Å². The van der Waals surface area contributed by atoms with E-state index in [1.807, 2.05) is 84.9 Å². The fourth-order valence-corrected chi connectivity index (χ4v) is 6.02. The van der Waals surface area contributed by atoms with Crippen molar-refractivity contribution in [1.29, 1.82) is 0 Å². The van der Waals surface area contributed by atoms with Gasteiger partial charge in [0.15, 0.2) is 0 Å². The second-order valence-corrected chi connectivity index (χ2v) is 10.6. The standard InChI is InChI=1S/C41H26O2/c42-35-21-17-33(18-22-35)41(34-19-23-36(43)24-20-34)39-27-31(13-11-29-7-3-1-4-8-29)15-25-37(39)38-26-16-32(28-40(38)41)14-12-30-9-5-2-6-10-30/h1-10,15-28,42-43H/p-1. The third-order valence-electron chi connectivity index (χ3n) is 7.97. The van der Waals surface area contributed by atoms with Crippen molar-refractivity contribution in [2.24, 2.45) is 0 Å². The van der Waals surface area contributed by atoms with E-state index in [2.05, 4.69) is 60.1 Å². The summed E-state index contributed by atoms with van der Waals surface area (Å²) in [6.07, 6.45) is 0. The molecule has 6 aromatic rings. The Kier molecular flexibility index (Phi) is 6.52. The highest BCUT2D eigenvalue weighted by molar-refractivity contribution is 5.87. The minimum absolute atomic E-state index is 0.0481. The van der Waals surface area contributed by atoms with Gasteiger partial charge in [0.2, 0.25) is 0 Å². The topological polar surface area (TPSA) is 43.3 Å². The highest BCUT2D eigenvalue weighted by atomic mass is 16.3. The molecule has 0 spiro atoms. The summed E-state index contributed by atoms with van der Waals surface area (Å²) in [6.45, 7) is 0. The molecule has 0 saturated carbocycles. The van der Waals surface area contributed by atoms with Gasteiger partial charge in [-0.05, 0) is 94.0 Å². The van der Waals surface area contributed by atoms with Crippen LogP contribution in [0.2, 0.25) is 0 Å². The van der Waals surface area contributed by atoms with Crippen molar-refractivity contribution in [3.63, 3.8) is 0 Å². The van der Waals surface area contributed by atoms with Crippen molar-refractivity contribution >= 4 is 0 Å². The van der Waals surface area contributed by atoms with E-state index in [-0.39, 0.29) is 11.5 Å². The van der Waals surface area contributed by atoms with Crippen molar-refractivity contribution < 1.29 is 10.2 Å². The smallest absolute Gasteiger partial charge is 0.115 e. The molecule has 0 atom stereocenters. The van der Waals surface area contributed by atoms with Crippen molar-refractivity contribution in [1.82, 2.24) is 0 Å². The molecular formula is C41H25O2-. The van der Waals surface area contributed by atoms with Gasteiger partial charge in [0, 0.05) is 22.3 Å². The van der Waals surface area contributed by atoms with E-state index in [1.165, 1.54) is 0 Å². The molecule has 2 nitrogen and oxygen atoms in total. The zero-order valence-electron chi connectivity index (χ0n) is 23.2. The Morgan fingerprint density at radius 2 is 0.860 bits per heavy atom. The zero-order valence-corrected chi connectivity index (χ0v) is 23.2. The van der Waals surface area contributed by atoms with Crippen LogP contribution in [0.4, 0.5) is 0 Å². The van der Waals surface area contributed by atoms with Gasteiger partial charge in [-0.25, -0.2) is 0 Å². The first-order valence-electron chi connectivity index (χ1n) is 14.1. The first-order chi connectivity index (χ1) is 21.1. The Balaban J connectivity index is 1.49. The summed E-state index contributed by atoms with van der Waals surface area (Å²) in [6, 6.07) is 47.1. The van der Waals surface area contributed by atoms with E-state index in [0.29, 0.717) is 0 Å². The molecule has 2 heteroatoms. The molecule has 43 heavy (non-hydrogen) atoms. The molecule has 0 bridgehead atoms. The summed E-state index contributed by atoms with van der Waals surface area (Å²) >= 11 is 0. The Labute approximate surface area is 251 Å². The molecule has 0 fully saturated rings. The largest absolute Gasteiger partial charge is 0.872 e. The molecule has 1 aliphatic carbocycles. The van der Waals surface area contributed by atoms with Crippen LogP contribution in [-0.2, 0) is 5.41 Å². The summed E-state index contributed by atoms with van der Waals surface area (Å²) in [5.41, 5.74) is 9.19. The number of phenols is 1. The third kappa shape index (κ3) is 4.72. The summed E-state index contributed by atoms with van der Waals surface area (Å²) in [5, 5.41) is 22.5. The number of rotatable bonds is 2. The maximum atomic E-state index is 12.3. The molecule has 0 aromatic heterocycles. The molecule has 1 N–H and O–H groups in total. The van der Waals surface area contributed by atoms with Crippen LogP contribution in [0.5, 0.6) is 11.5 Å². The van der Waals surface area contributed by atoms with E-state index in [4.69, 9.17) is 0 Å². The summed E-state index contributed by atoms with van der Waals surface area (Å²) in [5.74, 6) is 13.5. The highest BCUT2D eigenvalue weighted by Crippen LogP contribution is 2.56. The Morgan fingerprint density at radius 3 is 1.33 bits per heavy atom. The van der Waals surface area contributed by atoms with Gasteiger partial charge in [-0.2, -0.15) is 0 Å². The molecule has 1 aliphatic rings. The first kappa shape index (κ1) is 26.0. The van der Waals surface area contributed by atoms with Crippen LogP contribution in [0.3, 0.4) is 0 Å². The lowest BCUT2D eigenvalue weighted by atomic mass is 9.67. The van der Waals surface area contributed by atoms with Gasteiger partial charge in [0.25, 0.3) is 0 Å². The number of phenolic OH excluding ortho intramolecular Hbond substituents is 1. The minimum Gasteiger partial charge on any atom is -0.872 e. The molecule has 0 saturated heterocycles. The molecule has 0 amide bonds. The van der Waals surface area contributed by atoms with E-state index >= 15 is 0 Å². The second kappa shape index (κ2) is 10.8. The third-order valence-corrected chi connectivity index (χ3v) is 7.97. The van der Waals surface area contributed by atoms with Gasteiger partial charge in [-0.1, -0.05) is 109 Å². The number of hydrogen-bond acceptors (Lipinski definition) is 2. The van der Waals surface area contributed by atoms with Crippen molar-refractivity contribution in [3.8, 4) is 46.3 Å². The lowest BCUT2D eigenvalue weighted by molar-refractivity contribution is -0.268. The van der Waals surface area contributed by atoms with Crippen molar-refractivity contribution in [2.75, 3.05) is 0 Å².